The summed E-state index contributed by atoms with van der Waals surface area (Å²) >= 11 is 0. The zero-order chi connectivity index (χ0) is 17.1. The van der Waals surface area contributed by atoms with E-state index in [2.05, 4.69) is 10.5 Å². The van der Waals surface area contributed by atoms with Crippen LogP contribution in [0.3, 0.4) is 0 Å². The SMILES string of the molecule is N#C/C(=N\Nc1ccc(N2Cc3ccccc3C2=O)cc1)C(=N)N. The van der Waals surface area contributed by atoms with Gasteiger partial charge < -0.3 is 10.6 Å². The lowest BCUT2D eigenvalue weighted by Gasteiger charge is -2.16. The number of nitrogens with one attached hydrogen (secondary N) is 2. The third kappa shape index (κ3) is 2.80. The summed E-state index contributed by atoms with van der Waals surface area (Å²) in [6.07, 6.45) is 0. The molecular formula is C17H14N6O. The molecule has 1 aliphatic rings. The van der Waals surface area contributed by atoms with Gasteiger partial charge in [0.15, 0.2) is 5.84 Å². The van der Waals surface area contributed by atoms with Crippen LogP contribution in [0, 0.1) is 16.7 Å². The normalized spacial score (nSPS) is 13.4. The lowest BCUT2D eigenvalue weighted by atomic mass is 10.1. The monoisotopic (exact) mass is 318 g/mol. The number of nitrogens with zero attached hydrogens (tertiary/aromatic N) is 3. The highest BCUT2D eigenvalue weighted by Gasteiger charge is 2.27. The van der Waals surface area contributed by atoms with E-state index >= 15 is 0 Å². The molecular weight excluding hydrogens is 304 g/mol. The van der Waals surface area contributed by atoms with Gasteiger partial charge in [-0.25, -0.2) is 0 Å². The van der Waals surface area contributed by atoms with Crippen molar-refractivity contribution in [3.63, 3.8) is 0 Å². The Morgan fingerprint density at radius 3 is 2.58 bits per heavy atom. The van der Waals surface area contributed by atoms with Gasteiger partial charge in [0.2, 0.25) is 5.71 Å². The summed E-state index contributed by atoms with van der Waals surface area (Å²) in [6, 6.07) is 16.3. The van der Waals surface area contributed by atoms with Crippen LogP contribution in [0.2, 0.25) is 0 Å². The minimum absolute atomic E-state index is 0.0207. The number of amides is 1. The van der Waals surface area contributed by atoms with Crippen LogP contribution < -0.4 is 16.1 Å². The molecule has 1 amide bonds. The van der Waals surface area contributed by atoms with E-state index in [1.54, 1.807) is 35.2 Å². The van der Waals surface area contributed by atoms with Crippen LogP contribution in [0.4, 0.5) is 11.4 Å². The maximum absolute atomic E-state index is 12.4. The Morgan fingerprint density at radius 2 is 1.96 bits per heavy atom. The van der Waals surface area contributed by atoms with E-state index < -0.39 is 5.84 Å². The minimum Gasteiger partial charge on any atom is -0.382 e. The molecule has 0 atom stereocenters. The molecule has 2 aromatic carbocycles. The van der Waals surface area contributed by atoms with Crippen LogP contribution in [0.1, 0.15) is 15.9 Å². The predicted molar refractivity (Wildman–Crippen MR) is 92.0 cm³/mol. The Kier molecular flexibility index (Phi) is 3.95. The molecule has 1 aliphatic heterocycles. The number of fused-ring (bicyclic) bond motifs is 1. The summed E-state index contributed by atoms with van der Waals surface area (Å²) in [4.78, 5) is 14.1. The summed E-state index contributed by atoms with van der Waals surface area (Å²) in [5, 5.41) is 19.7. The third-order valence-electron chi connectivity index (χ3n) is 3.66. The molecule has 0 unspecified atom stereocenters. The van der Waals surface area contributed by atoms with E-state index in [1.807, 2.05) is 24.3 Å². The quantitative estimate of drug-likeness (QED) is 0.454. The Balaban J connectivity index is 1.76. The molecule has 1 heterocycles. The van der Waals surface area contributed by atoms with Gasteiger partial charge in [-0.3, -0.25) is 15.6 Å². The van der Waals surface area contributed by atoms with E-state index in [9.17, 15) is 4.79 Å². The fourth-order valence-corrected chi connectivity index (χ4v) is 2.44. The standard InChI is InChI=1S/C17H14N6O/c18-9-15(16(19)20)22-21-12-5-7-13(8-6-12)23-10-11-3-1-2-4-14(11)17(23)24/h1-8,21H,10H2,(H3,19,20)/b22-15+. The number of anilines is 2. The van der Waals surface area contributed by atoms with Gasteiger partial charge in [0.05, 0.1) is 12.2 Å². The van der Waals surface area contributed by atoms with Crippen molar-refractivity contribution in [2.24, 2.45) is 10.8 Å². The van der Waals surface area contributed by atoms with Gasteiger partial charge in [-0.2, -0.15) is 10.4 Å². The van der Waals surface area contributed by atoms with E-state index in [0.29, 0.717) is 12.2 Å². The molecule has 0 aliphatic carbocycles. The van der Waals surface area contributed by atoms with Crippen molar-refractivity contribution in [2.45, 2.75) is 6.54 Å². The Hall–Kier alpha value is -3.66. The van der Waals surface area contributed by atoms with E-state index in [0.717, 1.165) is 16.8 Å². The Bertz CT molecular complexity index is 879. The highest BCUT2D eigenvalue weighted by molar-refractivity contribution is 6.45. The minimum atomic E-state index is -0.401. The summed E-state index contributed by atoms with van der Waals surface area (Å²) in [6.45, 7) is 0.544. The number of nitriles is 1. The molecule has 0 fully saturated rings. The van der Waals surface area contributed by atoms with Gasteiger partial charge in [0.1, 0.15) is 6.07 Å². The van der Waals surface area contributed by atoms with Crippen molar-refractivity contribution in [2.75, 3.05) is 10.3 Å². The first-order chi connectivity index (χ1) is 11.6. The van der Waals surface area contributed by atoms with Crippen LogP contribution in [-0.4, -0.2) is 17.5 Å². The summed E-state index contributed by atoms with van der Waals surface area (Å²) in [5.41, 5.74) is 10.8. The number of nitrogens with two attached hydrogens (primary N) is 1. The third-order valence-corrected chi connectivity index (χ3v) is 3.66. The van der Waals surface area contributed by atoms with Crippen molar-refractivity contribution >= 4 is 28.8 Å². The topological polar surface area (TPSA) is 118 Å². The molecule has 0 spiro atoms. The zero-order valence-corrected chi connectivity index (χ0v) is 12.7. The molecule has 0 bridgehead atoms. The smallest absolute Gasteiger partial charge is 0.258 e. The van der Waals surface area contributed by atoms with Crippen LogP contribution in [0.5, 0.6) is 0 Å². The van der Waals surface area contributed by atoms with Crippen LogP contribution in [0.25, 0.3) is 0 Å². The summed E-state index contributed by atoms with van der Waals surface area (Å²) in [5.74, 6) is -0.422. The number of hydrogen-bond donors (Lipinski definition) is 3. The average Bonchev–Trinajstić information content (AvgIpc) is 2.93. The number of amidine groups is 1. The van der Waals surface area contributed by atoms with E-state index in [1.165, 1.54) is 0 Å². The van der Waals surface area contributed by atoms with Crippen molar-refractivity contribution in [1.29, 1.82) is 10.7 Å². The number of hydrazone groups is 1. The first-order valence-electron chi connectivity index (χ1n) is 7.18. The van der Waals surface area contributed by atoms with Crippen molar-refractivity contribution in [1.82, 2.24) is 0 Å². The molecule has 24 heavy (non-hydrogen) atoms. The van der Waals surface area contributed by atoms with Gasteiger partial charge >= 0.3 is 0 Å². The summed E-state index contributed by atoms with van der Waals surface area (Å²) in [7, 11) is 0. The first-order valence-corrected chi connectivity index (χ1v) is 7.18. The maximum Gasteiger partial charge on any atom is 0.258 e. The van der Waals surface area contributed by atoms with Crippen molar-refractivity contribution in [3.8, 4) is 6.07 Å². The van der Waals surface area contributed by atoms with Crippen LogP contribution in [0.15, 0.2) is 53.6 Å². The fraction of sp³-hybridized carbons (Fsp3) is 0.0588. The molecule has 118 valence electrons. The number of carbonyl (C=O) groups is 1. The molecule has 7 nitrogen and oxygen atoms in total. The maximum atomic E-state index is 12.4. The second-order valence-corrected chi connectivity index (χ2v) is 5.19. The van der Waals surface area contributed by atoms with Gasteiger partial charge in [-0.05, 0) is 35.9 Å². The van der Waals surface area contributed by atoms with Gasteiger partial charge in [-0.15, -0.1) is 0 Å². The Morgan fingerprint density at radius 1 is 1.25 bits per heavy atom. The predicted octanol–water partition coefficient (Wildman–Crippen LogP) is 2.07. The molecule has 0 saturated heterocycles. The Labute approximate surface area is 138 Å². The van der Waals surface area contributed by atoms with Gasteiger partial charge in [0.25, 0.3) is 5.91 Å². The number of hydrogen-bond acceptors (Lipinski definition) is 5. The van der Waals surface area contributed by atoms with Gasteiger partial charge in [-0.1, -0.05) is 18.2 Å². The summed E-state index contributed by atoms with van der Waals surface area (Å²) < 4.78 is 0. The molecule has 0 aromatic heterocycles. The number of rotatable bonds is 4. The lowest BCUT2D eigenvalue weighted by Crippen LogP contribution is -2.23. The van der Waals surface area contributed by atoms with Gasteiger partial charge in [0, 0.05) is 11.3 Å². The molecule has 0 saturated carbocycles. The highest BCUT2D eigenvalue weighted by atomic mass is 16.2. The van der Waals surface area contributed by atoms with E-state index in [4.69, 9.17) is 16.4 Å². The first kappa shape index (κ1) is 15.2. The van der Waals surface area contributed by atoms with Crippen LogP contribution >= 0.6 is 0 Å². The zero-order valence-electron chi connectivity index (χ0n) is 12.7. The number of benzene rings is 2. The second kappa shape index (κ2) is 6.22. The molecule has 2 aromatic rings. The largest absolute Gasteiger partial charge is 0.382 e. The van der Waals surface area contributed by atoms with Crippen molar-refractivity contribution < 1.29 is 4.79 Å². The van der Waals surface area contributed by atoms with E-state index in [-0.39, 0.29) is 11.6 Å². The molecule has 7 heteroatoms. The fourth-order valence-electron chi connectivity index (χ4n) is 2.44. The lowest BCUT2D eigenvalue weighted by molar-refractivity contribution is 0.0996. The van der Waals surface area contributed by atoms with Crippen LogP contribution in [-0.2, 0) is 6.54 Å². The molecule has 3 rings (SSSR count). The number of carbonyl (C=O) groups excluding carboxylic acids is 1. The highest BCUT2D eigenvalue weighted by Crippen LogP contribution is 2.28. The van der Waals surface area contributed by atoms with Crippen molar-refractivity contribution in [3.05, 3.63) is 59.7 Å². The molecule has 0 radical (unpaired) electrons. The second-order valence-electron chi connectivity index (χ2n) is 5.19. The molecule has 4 N–H and O–H groups in total. The average molecular weight is 318 g/mol.